The highest BCUT2D eigenvalue weighted by atomic mass is 35.5. The van der Waals surface area contributed by atoms with E-state index in [-0.39, 0.29) is 42.5 Å². The molecule has 0 spiro atoms. The SMILES string of the molecule is COc1cc(N)c(Cl)cc1C(=O)N[C@@H]1CCN(CCCCCC(=O)O[C@H]2CN3CCC2CC3)C[C@@H]1OC.Cl. The summed E-state index contributed by atoms with van der Waals surface area (Å²) < 4.78 is 16.8. The Labute approximate surface area is 237 Å². The van der Waals surface area contributed by atoms with Gasteiger partial charge in [0.2, 0.25) is 0 Å². The fourth-order valence-corrected chi connectivity index (χ4v) is 5.97. The van der Waals surface area contributed by atoms with Crippen molar-refractivity contribution in [1.82, 2.24) is 15.1 Å². The molecule has 3 atom stereocenters. The van der Waals surface area contributed by atoms with Crippen molar-refractivity contribution < 1.29 is 23.8 Å². The molecule has 5 rings (SSSR count). The average Bonchev–Trinajstić information content (AvgIpc) is 2.91. The van der Waals surface area contributed by atoms with Crippen LogP contribution < -0.4 is 15.8 Å². The lowest BCUT2D eigenvalue weighted by molar-refractivity contribution is -0.158. The van der Waals surface area contributed by atoms with Crippen LogP contribution in [0.15, 0.2) is 12.1 Å². The van der Waals surface area contributed by atoms with E-state index >= 15 is 0 Å². The third-order valence-electron chi connectivity index (χ3n) is 8.06. The van der Waals surface area contributed by atoms with E-state index in [2.05, 4.69) is 15.1 Å². The van der Waals surface area contributed by atoms with Gasteiger partial charge in [-0.05, 0) is 63.7 Å². The molecule has 4 aliphatic rings. The summed E-state index contributed by atoms with van der Waals surface area (Å²) in [5, 5.41) is 3.40. The van der Waals surface area contributed by atoms with Gasteiger partial charge >= 0.3 is 5.97 Å². The first-order valence-corrected chi connectivity index (χ1v) is 13.9. The van der Waals surface area contributed by atoms with E-state index in [0.717, 1.165) is 77.8 Å². The standard InChI is InChI=1S/C27H41ClN4O5.ClH/c1-35-23-15-21(29)20(28)14-19(23)27(34)30-22-9-13-31(17-25(22)36-2)10-5-3-4-6-26(33)37-24-16-32-11-7-18(24)8-12-32;/h14-15,18,22,24-25H,3-13,16-17,29H2,1-2H3,(H,30,34);1H/t22-,24+,25+;/m1./s1. The van der Waals surface area contributed by atoms with Crippen LogP contribution in [0.3, 0.4) is 0 Å². The van der Waals surface area contributed by atoms with E-state index < -0.39 is 0 Å². The number of piperidine rings is 4. The zero-order valence-electron chi connectivity index (χ0n) is 22.5. The number of nitrogen functional groups attached to an aromatic ring is 1. The Hall–Kier alpha value is -1.78. The summed E-state index contributed by atoms with van der Waals surface area (Å²) in [6.07, 6.45) is 6.42. The van der Waals surface area contributed by atoms with Crippen LogP contribution in [0.4, 0.5) is 5.69 Å². The summed E-state index contributed by atoms with van der Waals surface area (Å²) in [4.78, 5) is 30.0. The van der Waals surface area contributed by atoms with E-state index in [1.807, 2.05) is 0 Å². The van der Waals surface area contributed by atoms with Gasteiger partial charge in [-0.1, -0.05) is 18.0 Å². The Morgan fingerprint density at radius 2 is 1.82 bits per heavy atom. The van der Waals surface area contributed by atoms with Crippen molar-refractivity contribution in [3.63, 3.8) is 0 Å². The summed E-state index contributed by atoms with van der Waals surface area (Å²) in [6.45, 7) is 5.76. The minimum atomic E-state index is -0.260. The zero-order chi connectivity index (χ0) is 26.4. The van der Waals surface area contributed by atoms with Crippen LogP contribution in [0.5, 0.6) is 5.75 Å². The number of anilines is 1. The van der Waals surface area contributed by atoms with Crippen LogP contribution >= 0.6 is 24.0 Å². The first-order chi connectivity index (χ1) is 17.9. The summed E-state index contributed by atoms with van der Waals surface area (Å²) in [5.41, 5.74) is 6.56. The molecule has 214 valence electrons. The molecule has 4 aliphatic heterocycles. The summed E-state index contributed by atoms with van der Waals surface area (Å²) >= 11 is 6.13. The number of unbranched alkanes of at least 4 members (excludes halogenated alkanes) is 2. The Kier molecular flexibility index (Phi) is 11.8. The number of nitrogens with zero attached hydrogens (tertiary/aromatic N) is 2. The second-order valence-corrected chi connectivity index (χ2v) is 10.9. The van der Waals surface area contributed by atoms with Crippen molar-refractivity contribution in [2.75, 3.05) is 59.2 Å². The van der Waals surface area contributed by atoms with Gasteiger partial charge in [0.05, 0.1) is 35.5 Å². The van der Waals surface area contributed by atoms with E-state index in [9.17, 15) is 9.59 Å². The molecular formula is C27H42Cl2N4O5. The number of carbonyl (C=O) groups excluding carboxylic acids is 2. The lowest BCUT2D eigenvalue weighted by Crippen LogP contribution is -2.54. The molecule has 2 bridgehead atoms. The number of benzene rings is 1. The third kappa shape index (κ3) is 7.88. The maximum absolute atomic E-state index is 13.0. The van der Waals surface area contributed by atoms with Gasteiger partial charge < -0.3 is 30.2 Å². The van der Waals surface area contributed by atoms with E-state index in [4.69, 9.17) is 31.5 Å². The minimum absolute atomic E-state index is 0. The number of fused-ring (bicyclic) bond motifs is 3. The number of esters is 1. The number of carbonyl (C=O) groups is 2. The van der Waals surface area contributed by atoms with Crippen molar-refractivity contribution in [1.29, 1.82) is 0 Å². The van der Waals surface area contributed by atoms with Gasteiger partial charge in [-0.15, -0.1) is 12.4 Å². The lowest BCUT2D eigenvalue weighted by atomic mass is 9.86. The van der Waals surface area contributed by atoms with Gasteiger partial charge in [0.15, 0.2) is 0 Å². The number of methoxy groups -OCH3 is 2. The molecular weight excluding hydrogens is 531 g/mol. The van der Waals surface area contributed by atoms with Crippen molar-refractivity contribution in [2.45, 2.75) is 63.2 Å². The highest BCUT2D eigenvalue weighted by Crippen LogP contribution is 2.30. The van der Waals surface area contributed by atoms with Crippen LogP contribution in [0, 0.1) is 5.92 Å². The number of hydrogen-bond acceptors (Lipinski definition) is 8. The van der Waals surface area contributed by atoms with Crippen LogP contribution in [0.1, 0.15) is 55.3 Å². The van der Waals surface area contributed by atoms with E-state index in [0.29, 0.717) is 34.4 Å². The number of likely N-dealkylation sites (tertiary alicyclic amines) is 1. The summed E-state index contributed by atoms with van der Waals surface area (Å²) in [5.74, 6) is 0.637. The number of amides is 1. The quantitative estimate of drug-likeness (QED) is 0.236. The normalized spacial score (nSPS) is 26.9. The molecule has 4 saturated heterocycles. The Bertz CT molecular complexity index is 944. The molecule has 1 aromatic rings. The molecule has 4 fully saturated rings. The number of halogens is 2. The predicted octanol–water partition coefficient (Wildman–Crippen LogP) is 3.37. The molecule has 0 aliphatic carbocycles. The number of nitrogens with two attached hydrogens (primary N) is 1. The maximum atomic E-state index is 13.0. The van der Waals surface area contributed by atoms with Gasteiger partial charge in [-0.2, -0.15) is 0 Å². The highest BCUT2D eigenvalue weighted by molar-refractivity contribution is 6.33. The molecule has 0 saturated carbocycles. The van der Waals surface area contributed by atoms with Crippen molar-refractivity contribution in [2.24, 2.45) is 5.92 Å². The zero-order valence-corrected chi connectivity index (χ0v) is 24.0. The minimum Gasteiger partial charge on any atom is -0.496 e. The molecule has 4 heterocycles. The van der Waals surface area contributed by atoms with Crippen molar-refractivity contribution in [3.05, 3.63) is 22.7 Å². The monoisotopic (exact) mass is 572 g/mol. The van der Waals surface area contributed by atoms with Crippen LogP contribution in [-0.4, -0.2) is 93.4 Å². The first kappa shape index (κ1) is 30.8. The largest absolute Gasteiger partial charge is 0.496 e. The molecule has 0 aromatic heterocycles. The molecule has 11 heteroatoms. The van der Waals surface area contributed by atoms with Crippen molar-refractivity contribution >= 4 is 41.6 Å². The third-order valence-corrected chi connectivity index (χ3v) is 8.39. The number of rotatable bonds is 11. The summed E-state index contributed by atoms with van der Waals surface area (Å²) in [6, 6.07) is 2.98. The van der Waals surface area contributed by atoms with E-state index in [1.165, 1.54) is 13.2 Å². The van der Waals surface area contributed by atoms with Crippen molar-refractivity contribution in [3.8, 4) is 5.75 Å². The van der Waals surface area contributed by atoms with Gasteiger partial charge in [0, 0.05) is 39.2 Å². The fraction of sp³-hybridized carbons (Fsp3) is 0.704. The molecule has 38 heavy (non-hydrogen) atoms. The molecule has 3 N–H and O–H groups in total. The fourth-order valence-electron chi connectivity index (χ4n) is 5.80. The maximum Gasteiger partial charge on any atom is 0.306 e. The Morgan fingerprint density at radius 1 is 1.05 bits per heavy atom. The van der Waals surface area contributed by atoms with Crippen LogP contribution in [-0.2, 0) is 14.3 Å². The van der Waals surface area contributed by atoms with Gasteiger partial charge in [0.25, 0.3) is 5.91 Å². The number of nitrogens with one attached hydrogen (secondary N) is 1. The first-order valence-electron chi connectivity index (χ1n) is 13.5. The Balaban J connectivity index is 0.00000400. The average molecular weight is 574 g/mol. The molecule has 0 radical (unpaired) electrons. The van der Waals surface area contributed by atoms with Crippen LogP contribution in [0.2, 0.25) is 5.02 Å². The van der Waals surface area contributed by atoms with E-state index in [1.54, 1.807) is 13.2 Å². The highest BCUT2D eigenvalue weighted by Gasteiger charge is 2.36. The molecule has 1 aromatic carbocycles. The molecule has 9 nitrogen and oxygen atoms in total. The van der Waals surface area contributed by atoms with Gasteiger partial charge in [-0.3, -0.25) is 14.5 Å². The second kappa shape index (κ2) is 14.6. The Morgan fingerprint density at radius 3 is 2.47 bits per heavy atom. The number of ether oxygens (including phenoxy) is 3. The smallest absolute Gasteiger partial charge is 0.306 e. The molecule has 0 unspecified atom stereocenters. The molecule has 1 amide bonds. The predicted molar refractivity (Wildman–Crippen MR) is 150 cm³/mol. The topological polar surface area (TPSA) is 106 Å². The lowest BCUT2D eigenvalue weighted by Gasteiger charge is -2.43. The second-order valence-electron chi connectivity index (χ2n) is 10.5. The van der Waals surface area contributed by atoms with Gasteiger partial charge in [-0.25, -0.2) is 0 Å². The van der Waals surface area contributed by atoms with Crippen LogP contribution in [0.25, 0.3) is 0 Å². The summed E-state index contributed by atoms with van der Waals surface area (Å²) in [7, 11) is 3.17. The number of hydrogen-bond donors (Lipinski definition) is 2. The van der Waals surface area contributed by atoms with Gasteiger partial charge in [0.1, 0.15) is 11.9 Å².